The smallest absolute Gasteiger partial charge is 0.319 e. The molecular weight excluding hydrogens is 366 g/mol. The number of carbonyl (C=O) groups is 1. The predicted molar refractivity (Wildman–Crippen MR) is 108 cm³/mol. The Labute approximate surface area is 160 Å². The molecule has 1 aromatic carbocycles. The van der Waals surface area contributed by atoms with Crippen molar-refractivity contribution in [3.8, 4) is 11.4 Å². The Morgan fingerprint density at radius 1 is 1.30 bits per heavy atom. The number of urea groups is 1. The van der Waals surface area contributed by atoms with Crippen molar-refractivity contribution in [3.05, 3.63) is 36.0 Å². The highest BCUT2D eigenvalue weighted by Crippen LogP contribution is 2.30. The number of amides is 2. The summed E-state index contributed by atoms with van der Waals surface area (Å²) in [6.07, 6.45) is 1.62. The van der Waals surface area contributed by atoms with Gasteiger partial charge >= 0.3 is 6.03 Å². The first-order valence-electron chi connectivity index (χ1n) is 8.06. The van der Waals surface area contributed by atoms with Gasteiger partial charge < -0.3 is 26.7 Å². The van der Waals surface area contributed by atoms with Crippen molar-refractivity contribution < 1.29 is 9.35 Å². The van der Waals surface area contributed by atoms with E-state index in [0.717, 1.165) is 0 Å². The van der Waals surface area contributed by atoms with Crippen LogP contribution in [0.5, 0.6) is 0 Å². The minimum Gasteiger partial charge on any atom is -0.616 e. The lowest BCUT2D eigenvalue weighted by molar-refractivity contribution is 0.253. The highest BCUT2D eigenvalue weighted by Gasteiger charge is 2.33. The van der Waals surface area contributed by atoms with Crippen LogP contribution in [-0.4, -0.2) is 39.2 Å². The van der Waals surface area contributed by atoms with Crippen LogP contribution in [0.15, 0.2) is 30.3 Å². The second-order valence-electron chi connectivity index (χ2n) is 6.38. The van der Waals surface area contributed by atoms with Gasteiger partial charge in [0.1, 0.15) is 17.3 Å². The topological polar surface area (TPSA) is 166 Å². The molecule has 27 heavy (non-hydrogen) atoms. The zero-order valence-corrected chi connectivity index (χ0v) is 16.2. The van der Waals surface area contributed by atoms with Gasteiger partial charge in [0.2, 0.25) is 0 Å². The molecule has 0 saturated heterocycles. The Morgan fingerprint density at radius 2 is 1.93 bits per heavy atom. The van der Waals surface area contributed by atoms with Gasteiger partial charge in [-0.2, -0.15) is 0 Å². The molecule has 0 fully saturated rings. The van der Waals surface area contributed by atoms with E-state index in [-0.39, 0.29) is 12.4 Å². The third kappa shape index (κ3) is 5.31. The van der Waals surface area contributed by atoms with Crippen LogP contribution in [0.25, 0.3) is 11.4 Å². The second-order valence-corrected chi connectivity index (χ2v) is 8.31. The fourth-order valence-electron chi connectivity index (χ4n) is 2.10. The fourth-order valence-corrected chi connectivity index (χ4v) is 2.50. The molecular formula is C17H23N7O2S. The molecule has 0 spiro atoms. The molecule has 10 heteroatoms. The number of nitrogens with one attached hydrogen (secondary N) is 3. The Balaban J connectivity index is 2.21. The monoisotopic (exact) mass is 389 g/mol. The van der Waals surface area contributed by atoms with Crippen LogP contribution < -0.4 is 22.1 Å². The van der Waals surface area contributed by atoms with Crippen molar-refractivity contribution >= 4 is 34.5 Å². The standard InChI is InChI=1S/C17H23N7O2S/c1-17(2,27(3)26)12-8-14(20)24-15(23-12)10-4-6-11(7-5-10)22-16(25)21-9-13(18)19/h4-8H,9H2,1-3H3,(H3,18,19)(H2,20,23,24)(H2,21,22,25). The van der Waals surface area contributed by atoms with Crippen molar-refractivity contribution in [2.45, 2.75) is 18.6 Å². The molecule has 2 aromatic rings. The number of amidine groups is 1. The molecule has 0 bridgehead atoms. The number of nitrogens with two attached hydrogens (primary N) is 2. The maximum atomic E-state index is 12.0. The quantitative estimate of drug-likeness (QED) is 0.284. The molecule has 9 nitrogen and oxygen atoms in total. The summed E-state index contributed by atoms with van der Waals surface area (Å²) in [5.74, 6) is 0.571. The number of carbonyl (C=O) groups excluding carboxylic acids is 1. The summed E-state index contributed by atoms with van der Waals surface area (Å²) in [6, 6.07) is 8.04. The second kappa shape index (κ2) is 8.23. The summed E-state index contributed by atoms with van der Waals surface area (Å²) >= 11 is -1.14. The highest BCUT2D eigenvalue weighted by molar-refractivity contribution is 7.91. The van der Waals surface area contributed by atoms with Gasteiger partial charge in [0.05, 0.1) is 12.8 Å². The molecule has 7 N–H and O–H groups in total. The summed E-state index contributed by atoms with van der Waals surface area (Å²) in [4.78, 5) is 20.5. The van der Waals surface area contributed by atoms with Crippen LogP contribution in [0, 0.1) is 5.41 Å². The van der Waals surface area contributed by atoms with E-state index in [0.29, 0.717) is 28.6 Å². The summed E-state index contributed by atoms with van der Waals surface area (Å²) in [6.45, 7) is 3.64. The molecule has 2 rings (SSSR count). The van der Waals surface area contributed by atoms with Gasteiger partial charge in [-0.25, -0.2) is 14.8 Å². The van der Waals surface area contributed by atoms with E-state index in [1.54, 1.807) is 36.6 Å². The number of aromatic nitrogens is 2. The first kappa shape index (κ1) is 20.5. The number of nitrogens with zero attached hydrogens (tertiary/aromatic N) is 2. The summed E-state index contributed by atoms with van der Waals surface area (Å²) in [7, 11) is 0. The minimum absolute atomic E-state index is 0.0294. The molecule has 0 aliphatic heterocycles. The lowest BCUT2D eigenvalue weighted by Crippen LogP contribution is -2.35. The lowest BCUT2D eigenvalue weighted by atomic mass is 10.1. The summed E-state index contributed by atoms with van der Waals surface area (Å²) in [5, 5.41) is 12.2. The molecule has 1 unspecified atom stereocenters. The van der Waals surface area contributed by atoms with Crippen molar-refractivity contribution in [2.75, 3.05) is 23.9 Å². The Morgan fingerprint density at radius 3 is 2.48 bits per heavy atom. The van der Waals surface area contributed by atoms with Gasteiger partial charge in [0, 0.05) is 17.3 Å². The SMILES string of the molecule is C[S+]([O-])C(C)(C)c1cc(N)nc(-c2ccc(NC(=O)NCC(=N)N)cc2)n1. The average molecular weight is 389 g/mol. The third-order valence-electron chi connectivity index (χ3n) is 3.92. The Hall–Kier alpha value is -2.85. The Bertz CT molecular complexity index is 838. The number of anilines is 2. The largest absolute Gasteiger partial charge is 0.616 e. The van der Waals surface area contributed by atoms with Gasteiger partial charge in [0.25, 0.3) is 0 Å². The van der Waals surface area contributed by atoms with Gasteiger partial charge in [-0.15, -0.1) is 0 Å². The molecule has 0 aliphatic carbocycles. The Kier molecular flexibility index (Phi) is 6.24. The van der Waals surface area contributed by atoms with E-state index >= 15 is 0 Å². The van der Waals surface area contributed by atoms with E-state index in [4.69, 9.17) is 16.9 Å². The maximum Gasteiger partial charge on any atom is 0.319 e. The molecule has 1 aromatic heterocycles. The number of rotatable bonds is 6. The van der Waals surface area contributed by atoms with E-state index in [9.17, 15) is 9.35 Å². The number of benzene rings is 1. The van der Waals surface area contributed by atoms with E-state index in [1.165, 1.54) is 0 Å². The molecule has 1 atom stereocenters. The molecule has 144 valence electrons. The van der Waals surface area contributed by atoms with Crippen LogP contribution in [0.3, 0.4) is 0 Å². The van der Waals surface area contributed by atoms with Gasteiger partial charge in [-0.05, 0) is 49.3 Å². The zero-order chi connectivity index (χ0) is 20.2. The van der Waals surface area contributed by atoms with Gasteiger partial charge in [0.15, 0.2) is 10.6 Å². The predicted octanol–water partition coefficient (Wildman–Crippen LogP) is 1.40. The van der Waals surface area contributed by atoms with Crippen LogP contribution in [-0.2, 0) is 15.9 Å². The van der Waals surface area contributed by atoms with Crippen molar-refractivity contribution in [1.29, 1.82) is 5.41 Å². The van der Waals surface area contributed by atoms with Crippen molar-refractivity contribution in [1.82, 2.24) is 15.3 Å². The van der Waals surface area contributed by atoms with Crippen LogP contribution in [0.2, 0.25) is 0 Å². The van der Waals surface area contributed by atoms with E-state index in [2.05, 4.69) is 20.6 Å². The molecule has 1 heterocycles. The van der Waals surface area contributed by atoms with E-state index in [1.807, 2.05) is 13.8 Å². The summed E-state index contributed by atoms with van der Waals surface area (Å²) < 4.78 is 11.3. The van der Waals surface area contributed by atoms with Crippen LogP contribution >= 0.6 is 0 Å². The van der Waals surface area contributed by atoms with Crippen molar-refractivity contribution in [3.63, 3.8) is 0 Å². The minimum atomic E-state index is -1.14. The average Bonchev–Trinajstić information content (AvgIpc) is 2.60. The normalized spacial score (nSPS) is 12.3. The molecule has 0 radical (unpaired) electrons. The highest BCUT2D eigenvalue weighted by atomic mass is 32.2. The molecule has 0 saturated carbocycles. The zero-order valence-electron chi connectivity index (χ0n) is 15.4. The van der Waals surface area contributed by atoms with Gasteiger partial charge in [-0.1, -0.05) is 0 Å². The fraction of sp³-hybridized carbons (Fsp3) is 0.294. The van der Waals surface area contributed by atoms with Crippen molar-refractivity contribution in [2.24, 2.45) is 5.73 Å². The van der Waals surface area contributed by atoms with Gasteiger partial charge in [-0.3, -0.25) is 5.41 Å². The number of hydrogen-bond donors (Lipinski definition) is 5. The molecule has 2 amide bonds. The number of hydrogen-bond acceptors (Lipinski definition) is 6. The molecule has 0 aliphatic rings. The van der Waals surface area contributed by atoms with Crippen LogP contribution in [0.1, 0.15) is 19.5 Å². The first-order valence-corrected chi connectivity index (χ1v) is 9.62. The number of nitrogen functional groups attached to an aromatic ring is 1. The first-order chi connectivity index (χ1) is 12.6. The maximum absolute atomic E-state index is 12.0. The third-order valence-corrected chi connectivity index (χ3v) is 5.57. The van der Waals surface area contributed by atoms with E-state index < -0.39 is 22.0 Å². The lowest BCUT2D eigenvalue weighted by Gasteiger charge is -2.25. The van der Waals surface area contributed by atoms with Crippen LogP contribution in [0.4, 0.5) is 16.3 Å². The summed E-state index contributed by atoms with van der Waals surface area (Å²) in [5.41, 5.74) is 12.9.